The second-order valence-electron chi connectivity index (χ2n) is 9.31. The minimum absolute atomic E-state index is 0.0839. The Kier molecular flexibility index (Phi) is 5.06. The van der Waals surface area contributed by atoms with Crippen LogP contribution in [0.2, 0.25) is 0 Å². The van der Waals surface area contributed by atoms with Crippen LogP contribution >= 0.6 is 0 Å². The third kappa shape index (κ3) is 3.32. The fraction of sp³-hybridized carbons (Fsp3) is 0.207. The minimum atomic E-state index is -4.42. The summed E-state index contributed by atoms with van der Waals surface area (Å²) in [6.07, 6.45) is 0.825. The molecule has 6 heteroatoms. The van der Waals surface area contributed by atoms with Gasteiger partial charge in [0, 0.05) is 22.6 Å². The monoisotopic (exact) mass is 484 g/mol. The molecular weight excluding hydrogens is 460 g/mol. The summed E-state index contributed by atoms with van der Waals surface area (Å²) >= 11 is 0. The molecular formula is C29H24O5S. The molecule has 0 aliphatic heterocycles. The Hall–Kier alpha value is -3.48. The average molecular weight is 485 g/mol. The van der Waals surface area contributed by atoms with Gasteiger partial charge in [-0.2, -0.15) is 8.42 Å². The first-order chi connectivity index (χ1) is 16.9. The van der Waals surface area contributed by atoms with Crippen LogP contribution < -0.4 is 4.74 Å². The van der Waals surface area contributed by atoms with Crippen molar-refractivity contribution in [2.45, 2.75) is 30.1 Å². The Morgan fingerprint density at radius 1 is 0.771 bits per heavy atom. The molecule has 1 N–H and O–H groups in total. The van der Waals surface area contributed by atoms with E-state index in [-0.39, 0.29) is 40.3 Å². The fourth-order valence-electron chi connectivity index (χ4n) is 6.33. The number of ether oxygens (including phenoxy) is 1. The van der Waals surface area contributed by atoms with Crippen LogP contribution in [-0.4, -0.2) is 18.9 Å². The number of fused-ring (bicyclic) bond motifs is 2. The first-order valence-corrected chi connectivity index (χ1v) is 13.2. The molecule has 176 valence electrons. The highest BCUT2D eigenvalue weighted by molar-refractivity contribution is 7.86. The van der Waals surface area contributed by atoms with Gasteiger partial charge in [0.05, 0.1) is 5.92 Å². The Balaban J connectivity index is 1.46. The molecule has 2 bridgehead atoms. The van der Waals surface area contributed by atoms with Crippen LogP contribution in [-0.2, 0) is 14.9 Å². The zero-order valence-electron chi connectivity index (χ0n) is 19.1. The Morgan fingerprint density at radius 3 is 1.83 bits per heavy atom. The lowest BCUT2D eigenvalue weighted by atomic mass is 9.53. The molecule has 2 atom stereocenters. The van der Waals surface area contributed by atoms with Crippen LogP contribution in [0.4, 0.5) is 0 Å². The molecule has 5 nitrogen and oxygen atoms in total. The molecule has 0 heterocycles. The maximum absolute atomic E-state index is 13.9. The second-order valence-corrected chi connectivity index (χ2v) is 10.7. The summed E-state index contributed by atoms with van der Waals surface area (Å²) in [4.78, 5) is 13.7. The lowest BCUT2D eigenvalue weighted by Crippen LogP contribution is -2.44. The molecule has 0 spiro atoms. The summed E-state index contributed by atoms with van der Waals surface area (Å²) in [5, 5.41) is 0.777. The molecule has 4 aromatic carbocycles. The molecule has 0 saturated carbocycles. The van der Waals surface area contributed by atoms with Gasteiger partial charge in [0.15, 0.2) is 0 Å². The van der Waals surface area contributed by atoms with Crippen molar-refractivity contribution in [3.05, 3.63) is 107 Å². The highest BCUT2D eigenvalue weighted by Gasteiger charge is 2.52. The van der Waals surface area contributed by atoms with Gasteiger partial charge in [0.1, 0.15) is 10.6 Å². The summed E-state index contributed by atoms with van der Waals surface area (Å²) in [5.74, 6) is -0.297. The van der Waals surface area contributed by atoms with Gasteiger partial charge in [0.25, 0.3) is 10.1 Å². The zero-order valence-corrected chi connectivity index (χ0v) is 19.9. The maximum Gasteiger partial charge on any atom is 0.315 e. The van der Waals surface area contributed by atoms with E-state index in [1.54, 1.807) is 24.3 Å². The zero-order chi connectivity index (χ0) is 24.3. The normalized spacial score (nSPS) is 22.5. The third-order valence-corrected chi connectivity index (χ3v) is 8.57. The lowest BCUT2D eigenvalue weighted by Gasteiger charge is -2.49. The minimum Gasteiger partial charge on any atom is -0.426 e. The Bertz CT molecular complexity index is 1540. The predicted molar refractivity (Wildman–Crippen MR) is 133 cm³/mol. The smallest absolute Gasteiger partial charge is 0.315 e. The topological polar surface area (TPSA) is 80.7 Å². The number of carbonyl (C=O) groups excluding carboxylic acids is 1. The largest absolute Gasteiger partial charge is 0.426 e. The molecule has 7 rings (SSSR count). The van der Waals surface area contributed by atoms with Gasteiger partial charge in [0.2, 0.25) is 0 Å². The van der Waals surface area contributed by atoms with Gasteiger partial charge in [-0.15, -0.1) is 0 Å². The number of rotatable bonds is 4. The summed E-state index contributed by atoms with van der Waals surface area (Å²) in [5.41, 5.74) is 4.92. The molecule has 3 aliphatic rings. The predicted octanol–water partition coefficient (Wildman–Crippen LogP) is 5.93. The van der Waals surface area contributed by atoms with Crippen LogP contribution in [0.5, 0.6) is 5.75 Å². The lowest BCUT2D eigenvalue weighted by molar-refractivity contribution is -0.142. The van der Waals surface area contributed by atoms with E-state index in [1.807, 2.05) is 12.1 Å². The van der Waals surface area contributed by atoms with Crippen LogP contribution in [0.3, 0.4) is 0 Å². The van der Waals surface area contributed by atoms with Crippen molar-refractivity contribution in [2.75, 3.05) is 0 Å². The van der Waals surface area contributed by atoms with E-state index >= 15 is 0 Å². The van der Waals surface area contributed by atoms with Crippen LogP contribution in [0, 0.1) is 11.8 Å². The van der Waals surface area contributed by atoms with Crippen molar-refractivity contribution < 1.29 is 22.5 Å². The Labute approximate surface area is 204 Å². The molecule has 3 aliphatic carbocycles. The highest BCUT2D eigenvalue weighted by Crippen LogP contribution is 2.59. The van der Waals surface area contributed by atoms with E-state index in [9.17, 15) is 17.8 Å². The summed E-state index contributed by atoms with van der Waals surface area (Å²) in [6.45, 7) is 2.12. The number of carbonyl (C=O) groups is 1. The van der Waals surface area contributed by atoms with Crippen LogP contribution in [0.25, 0.3) is 10.8 Å². The summed E-state index contributed by atoms with van der Waals surface area (Å²) in [7, 11) is -4.42. The summed E-state index contributed by atoms with van der Waals surface area (Å²) < 4.78 is 39.4. The van der Waals surface area contributed by atoms with Gasteiger partial charge < -0.3 is 4.74 Å². The molecule has 35 heavy (non-hydrogen) atoms. The van der Waals surface area contributed by atoms with E-state index < -0.39 is 10.1 Å². The van der Waals surface area contributed by atoms with E-state index in [0.717, 1.165) is 6.42 Å². The molecule has 2 unspecified atom stereocenters. The van der Waals surface area contributed by atoms with Crippen molar-refractivity contribution in [1.29, 1.82) is 0 Å². The van der Waals surface area contributed by atoms with E-state index in [0.29, 0.717) is 10.8 Å². The number of hydrogen-bond donors (Lipinski definition) is 1. The first kappa shape index (κ1) is 22.0. The second kappa shape index (κ2) is 8.04. The number of esters is 1. The average Bonchev–Trinajstić information content (AvgIpc) is 2.87. The van der Waals surface area contributed by atoms with Crippen molar-refractivity contribution in [1.82, 2.24) is 0 Å². The fourth-order valence-corrected chi connectivity index (χ4v) is 7.02. The molecule has 0 amide bonds. The van der Waals surface area contributed by atoms with Crippen molar-refractivity contribution in [2.24, 2.45) is 11.8 Å². The van der Waals surface area contributed by atoms with Gasteiger partial charge in [-0.3, -0.25) is 9.35 Å². The third-order valence-electron chi connectivity index (χ3n) is 7.66. The van der Waals surface area contributed by atoms with Gasteiger partial charge in [-0.05, 0) is 40.3 Å². The molecule has 0 fully saturated rings. The summed E-state index contributed by atoms with van der Waals surface area (Å²) in [6, 6.07) is 26.2. The van der Waals surface area contributed by atoms with Crippen molar-refractivity contribution in [3.63, 3.8) is 0 Å². The Morgan fingerprint density at radius 2 is 1.29 bits per heavy atom. The maximum atomic E-state index is 13.9. The number of benzene rings is 4. The van der Waals surface area contributed by atoms with Gasteiger partial charge in [-0.1, -0.05) is 86.1 Å². The molecule has 0 radical (unpaired) electrons. The molecule has 0 aromatic heterocycles. The quantitative estimate of drug-likeness (QED) is 0.221. The SMILES string of the molecule is CCC1C2c3ccccc3C(c3ccccc32)C1C(=O)Oc1ccc(S(=O)(=O)O)c2ccccc12. The van der Waals surface area contributed by atoms with E-state index in [4.69, 9.17) is 4.74 Å². The first-order valence-electron chi connectivity index (χ1n) is 11.8. The molecule has 0 saturated heterocycles. The number of hydrogen-bond acceptors (Lipinski definition) is 4. The van der Waals surface area contributed by atoms with Crippen LogP contribution in [0.15, 0.2) is 89.8 Å². The molecule has 4 aromatic rings. The van der Waals surface area contributed by atoms with Crippen LogP contribution in [0.1, 0.15) is 47.4 Å². The van der Waals surface area contributed by atoms with Gasteiger partial charge >= 0.3 is 5.97 Å². The highest BCUT2D eigenvalue weighted by atomic mass is 32.2. The van der Waals surface area contributed by atoms with Gasteiger partial charge in [-0.25, -0.2) is 0 Å². The van der Waals surface area contributed by atoms with Crippen molar-refractivity contribution >= 4 is 26.9 Å². The van der Waals surface area contributed by atoms with Crippen molar-refractivity contribution in [3.8, 4) is 5.75 Å². The van der Waals surface area contributed by atoms with E-state index in [2.05, 4.69) is 43.3 Å². The standard InChI is InChI=1S/C29H24O5S/c1-2-17-26-20-11-5-7-13-22(20)27(23-14-8-6-12-21(23)26)28(17)29(30)34-24-15-16-25(35(31,32)33)19-10-4-3-9-18(19)24/h3-17,26-28H,2H2,1H3,(H,31,32,33). The van der Waals surface area contributed by atoms with E-state index in [1.165, 1.54) is 34.4 Å².